The molecule has 2 rings (SSSR count). The molecule has 0 unspecified atom stereocenters. The van der Waals surface area contributed by atoms with Crippen LogP contribution in [0.2, 0.25) is 0 Å². The first-order valence-electron chi connectivity index (χ1n) is 6.41. The number of thiazole rings is 1. The summed E-state index contributed by atoms with van der Waals surface area (Å²) in [6.07, 6.45) is 3.62. The lowest BCUT2D eigenvalue weighted by molar-refractivity contribution is -0.136. The fourth-order valence-corrected chi connectivity index (χ4v) is 4.24. The van der Waals surface area contributed by atoms with E-state index in [9.17, 15) is 13.2 Å². The van der Waals surface area contributed by atoms with Crippen LogP contribution >= 0.6 is 11.3 Å². The first-order valence-corrected chi connectivity index (χ1v) is 8.73. The molecular weight excluding hydrogens is 302 g/mol. The number of hydrogen-bond acceptors (Lipinski definition) is 5. The second kappa shape index (κ2) is 6.51. The van der Waals surface area contributed by atoms with Crippen molar-refractivity contribution in [1.29, 1.82) is 0 Å². The first kappa shape index (κ1) is 15.2. The molecule has 0 bridgehead atoms. The summed E-state index contributed by atoms with van der Waals surface area (Å²) in [5.74, 6) is -0.989. The van der Waals surface area contributed by atoms with Crippen molar-refractivity contribution in [3.63, 3.8) is 0 Å². The highest BCUT2D eigenvalue weighted by Gasteiger charge is 2.23. The molecule has 1 aromatic heterocycles. The molecule has 1 saturated heterocycles. The SMILES string of the molecule is O=C(O)Cc1csc(NS(=O)(=O)N2CCCCCC2)n1. The summed E-state index contributed by atoms with van der Waals surface area (Å²) < 4.78 is 28.3. The Morgan fingerprint density at radius 3 is 2.60 bits per heavy atom. The Hall–Kier alpha value is -1.19. The van der Waals surface area contributed by atoms with Crippen molar-refractivity contribution in [3.05, 3.63) is 11.1 Å². The highest BCUT2D eigenvalue weighted by molar-refractivity contribution is 7.90. The Kier molecular flexibility index (Phi) is 4.95. The molecule has 0 spiro atoms. The normalized spacial score (nSPS) is 17.6. The van der Waals surface area contributed by atoms with Gasteiger partial charge in [-0.05, 0) is 12.8 Å². The molecule has 20 heavy (non-hydrogen) atoms. The minimum atomic E-state index is -3.59. The van der Waals surface area contributed by atoms with Gasteiger partial charge in [-0.1, -0.05) is 12.8 Å². The van der Waals surface area contributed by atoms with Gasteiger partial charge in [0, 0.05) is 18.5 Å². The van der Waals surface area contributed by atoms with E-state index in [0.717, 1.165) is 37.0 Å². The maximum atomic E-state index is 12.2. The first-order chi connectivity index (χ1) is 9.47. The lowest BCUT2D eigenvalue weighted by atomic mass is 10.2. The van der Waals surface area contributed by atoms with Gasteiger partial charge in [0.25, 0.3) is 0 Å². The van der Waals surface area contributed by atoms with E-state index >= 15 is 0 Å². The number of carboxylic acids is 1. The maximum Gasteiger partial charge on any atom is 0.309 e. The summed E-state index contributed by atoms with van der Waals surface area (Å²) in [7, 11) is -3.59. The van der Waals surface area contributed by atoms with E-state index in [1.807, 2.05) is 0 Å². The van der Waals surface area contributed by atoms with E-state index in [-0.39, 0.29) is 11.6 Å². The Morgan fingerprint density at radius 1 is 1.35 bits per heavy atom. The van der Waals surface area contributed by atoms with Crippen LogP contribution in [0.25, 0.3) is 0 Å². The lowest BCUT2D eigenvalue weighted by Gasteiger charge is -2.19. The Bertz CT molecular complexity index is 562. The molecule has 112 valence electrons. The average Bonchev–Trinajstić information content (AvgIpc) is 2.64. The summed E-state index contributed by atoms with van der Waals surface area (Å²) in [6, 6.07) is 0. The zero-order valence-electron chi connectivity index (χ0n) is 10.9. The second-order valence-electron chi connectivity index (χ2n) is 4.63. The van der Waals surface area contributed by atoms with Crippen LogP contribution in [-0.2, 0) is 21.4 Å². The van der Waals surface area contributed by atoms with Gasteiger partial charge >= 0.3 is 16.2 Å². The smallest absolute Gasteiger partial charge is 0.309 e. The minimum absolute atomic E-state index is 0.206. The number of carboxylic acid groups (broad SMARTS) is 1. The second-order valence-corrected chi connectivity index (χ2v) is 7.16. The predicted molar refractivity (Wildman–Crippen MR) is 76.0 cm³/mol. The van der Waals surface area contributed by atoms with Crippen LogP contribution in [-0.4, -0.2) is 41.9 Å². The summed E-state index contributed by atoms with van der Waals surface area (Å²) in [5.41, 5.74) is 0.357. The molecule has 0 atom stereocenters. The zero-order valence-corrected chi connectivity index (χ0v) is 12.5. The number of anilines is 1. The van der Waals surface area contributed by atoms with Crippen molar-refractivity contribution >= 4 is 32.6 Å². The third-order valence-electron chi connectivity index (χ3n) is 3.01. The number of aliphatic carboxylic acids is 1. The van der Waals surface area contributed by atoms with Gasteiger partial charge in [0.2, 0.25) is 0 Å². The van der Waals surface area contributed by atoms with Gasteiger partial charge < -0.3 is 5.11 Å². The Balaban J connectivity index is 2.03. The molecule has 1 aliphatic rings. The van der Waals surface area contributed by atoms with Crippen molar-refractivity contribution in [1.82, 2.24) is 9.29 Å². The van der Waals surface area contributed by atoms with Gasteiger partial charge in [0.05, 0.1) is 12.1 Å². The van der Waals surface area contributed by atoms with E-state index in [1.54, 1.807) is 5.38 Å². The largest absolute Gasteiger partial charge is 0.481 e. The summed E-state index contributed by atoms with van der Waals surface area (Å²) in [6.45, 7) is 1.03. The fraction of sp³-hybridized carbons (Fsp3) is 0.636. The molecule has 0 amide bonds. The molecule has 9 heteroatoms. The topological polar surface area (TPSA) is 99.6 Å². The number of hydrogen-bond donors (Lipinski definition) is 2. The van der Waals surface area contributed by atoms with Crippen LogP contribution in [0.5, 0.6) is 0 Å². The average molecular weight is 319 g/mol. The van der Waals surface area contributed by atoms with Crippen LogP contribution in [0.3, 0.4) is 0 Å². The minimum Gasteiger partial charge on any atom is -0.481 e. The highest BCUT2D eigenvalue weighted by Crippen LogP contribution is 2.20. The third kappa shape index (κ3) is 4.15. The van der Waals surface area contributed by atoms with Gasteiger partial charge in [0.1, 0.15) is 0 Å². The monoisotopic (exact) mass is 319 g/mol. The van der Waals surface area contributed by atoms with Crippen LogP contribution in [0, 0.1) is 0 Å². The summed E-state index contributed by atoms with van der Waals surface area (Å²) >= 11 is 1.10. The van der Waals surface area contributed by atoms with Gasteiger partial charge in [-0.2, -0.15) is 12.7 Å². The number of carbonyl (C=O) groups is 1. The number of aromatic nitrogens is 1. The van der Waals surface area contributed by atoms with Crippen molar-refractivity contribution < 1.29 is 18.3 Å². The molecule has 2 N–H and O–H groups in total. The zero-order chi connectivity index (χ0) is 14.6. The Morgan fingerprint density at radius 2 is 2.00 bits per heavy atom. The lowest BCUT2D eigenvalue weighted by Crippen LogP contribution is -2.36. The predicted octanol–water partition coefficient (Wildman–Crippen LogP) is 1.30. The van der Waals surface area contributed by atoms with Crippen molar-refractivity contribution in [2.45, 2.75) is 32.1 Å². The highest BCUT2D eigenvalue weighted by atomic mass is 32.2. The molecule has 1 aromatic rings. The van der Waals surface area contributed by atoms with Gasteiger partial charge in [-0.15, -0.1) is 11.3 Å². The summed E-state index contributed by atoms with van der Waals surface area (Å²) in [5, 5.41) is 10.4. The number of nitrogens with one attached hydrogen (secondary N) is 1. The van der Waals surface area contributed by atoms with E-state index in [1.165, 1.54) is 4.31 Å². The number of rotatable bonds is 5. The van der Waals surface area contributed by atoms with Crippen LogP contribution in [0.15, 0.2) is 5.38 Å². The standard InChI is InChI=1S/C11H17N3O4S2/c15-10(16)7-9-8-19-11(12-9)13-20(17,18)14-5-3-1-2-4-6-14/h8H,1-7H2,(H,12,13)(H,15,16). The van der Waals surface area contributed by atoms with E-state index in [0.29, 0.717) is 18.8 Å². The molecular formula is C11H17N3O4S2. The van der Waals surface area contributed by atoms with Crippen LogP contribution in [0.1, 0.15) is 31.4 Å². The maximum absolute atomic E-state index is 12.2. The molecule has 0 saturated carbocycles. The van der Waals surface area contributed by atoms with E-state index < -0.39 is 16.2 Å². The van der Waals surface area contributed by atoms with Crippen molar-refractivity contribution in [3.8, 4) is 0 Å². The van der Waals surface area contributed by atoms with Crippen molar-refractivity contribution in [2.75, 3.05) is 17.8 Å². The molecule has 1 aliphatic heterocycles. The fourth-order valence-electron chi connectivity index (χ4n) is 2.05. The van der Waals surface area contributed by atoms with Crippen LogP contribution in [0.4, 0.5) is 5.13 Å². The Labute approximate surface area is 121 Å². The molecule has 1 fully saturated rings. The molecule has 0 aromatic carbocycles. The van der Waals surface area contributed by atoms with Crippen LogP contribution < -0.4 is 4.72 Å². The third-order valence-corrected chi connectivity index (χ3v) is 5.44. The number of nitrogens with zero attached hydrogens (tertiary/aromatic N) is 2. The summed E-state index contributed by atoms with van der Waals surface area (Å²) in [4.78, 5) is 14.5. The van der Waals surface area contributed by atoms with Gasteiger partial charge in [-0.3, -0.25) is 4.79 Å². The molecule has 0 radical (unpaired) electrons. The van der Waals surface area contributed by atoms with Gasteiger partial charge in [0.15, 0.2) is 5.13 Å². The molecule has 2 heterocycles. The van der Waals surface area contributed by atoms with Gasteiger partial charge in [-0.25, -0.2) is 9.71 Å². The molecule has 7 nitrogen and oxygen atoms in total. The quantitative estimate of drug-likeness (QED) is 0.852. The van der Waals surface area contributed by atoms with E-state index in [4.69, 9.17) is 5.11 Å². The molecule has 0 aliphatic carbocycles. The van der Waals surface area contributed by atoms with E-state index in [2.05, 4.69) is 9.71 Å². The van der Waals surface area contributed by atoms with Crippen molar-refractivity contribution in [2.24, 2.45) is 0 Å².